The van der Waals surface area contributed by atoms with Crippen molar-refractivity contribution in [2.45, 2.75) is 19.4 Å². The van der Waals surface area contributed by atoms with Gasteiger partial charge in [-0.15, -0.1) is 10.2 Å². The molecular formula is C16H17N3O. The van der Waals surface area contributed by atoms with Crippen LogP contribution >= 0.6 is 0 Å². The van der Waals surface area contributed by atoms with Crippen molar-refractivity contribution in [1.82, 2.24) is 10.2 Å². The Bertz CT molecular complexity index is 604. The van der Waals surface area contributed by atoms with Crippen molar-refractivity contribution in [3.63, 3.8) is 0 Å². The molecular weight excluding hydrogens is 250 g/mol. The summed E-state index contributed by atoms with van der Waals surface area (Å²) in [4.78, 5) is 0. The highest BCUT2D eigenvalue weighted by atomic mass is 16.3. The zero-order valence-corrected chi connectivity index (χ0v) is 11.6. The quantitative estimate of drug-likeness (QED) is 0.836. The van der Waals surface area contributed by atoms with Gasteiger partial charge < -0.3 is 10.4 Å². The van der Waals surface area contributed by atoms with Gasteiger partial charge in [0.1, 0.15) is 11.5 Å². The number of anilines is 1. The number of hydrogen-bond acceptors (Lipinski definition) is 4. The molecule has 0 aliphatic heterocycles. The van der Waals surface area contributed by atoms with E-state index in [0.29, 0.717) is 18.1 Å². The smallest absolute Gasteiger partial charge is 0.148 e. The lowest BCUT2D eigenvalue weighted by Crippen LogP contribution is -2.29. The van der Waals surface area contributed by atoms with E-state index in [2.05, 4.69) is 27.4 Å². The summed E-state index contributed by atoms with van der Waals surface area (Å²) in [5.41, 5.74) is 0.772. The molecule has 102 valence electrons. The molecule has 2 N–H and O–H groups in total. The molecule has 4 nitrogen and oxygen atoms in total. The minimum Gasteiger partial charge on any atom is -0.389 e. The van der Waals surface area contributed by atoms with Crippen LogP contribution in [0.15, 0.2) is 42.5 Å². The van der Waals surface area contributed by atoms with E-state index >= 15 is 0 Å². The summed E-state index contributed by atoms with van der Waals surface area (Å²) in [7, 11) is 0. The molecule has 0 radical (unpaired) electrons. The van der Waals surface area contributed by atoms with E-state index in [1.807, 2.05) is 30.3 Å². The van der Waals surface area contributed by atoms with Crippen LogP contribution in [0, 0.1) is 11.8 Å². The number of benzene rings is 1. The zero-order valence-electron chi connectivity index (χ0n) is 11.6. The Kier molecular flexibility index (Phi) is 4.34. The van der Waals surface area contributed by atoms with Gasteiger partial charge >= 0.3 is 0 Å². The van der Waals surface area contributed by atoms with Gasteiger partial charge in [0.05, 0.1) is 5.60 Å². The first-order valence-electron chi connectivity index (χ1n) is 6.40. The second-order valence-corrected chi connectivity index (χ2v) is 5.09. The van der Waals surface area contributed by atoms with Crippen molar-refractivity contribution >= 4 is 5.82 Å². The summed E-state index contributed by atoms with van der Waals surface area (Å²) in [5, 5.41) is 20.7. The van der Waals surface area contributed by atoms with Gasteiger partial charge in [-0.25, -0.2) is 0 Å². The van der Waals surface area contributed by atoms with E-state index in [9.17, 15) is 5.11 Å². The third kappa shape index (κ3) is 4.71. The van der Waals surface area contributed by atoms with Gasteiger partial charge in [-0.05, 0) is 44.0 Å². The summed E-state index contributed by atoms with van der Waals surface area (Å²) in [5.74, 6) is 6.61. The molecule has 2 rings (SSSR count). The largest absolute Gasteiger partial charge is 0.389 e. The van der Waals surface area contributed by atoms with Gasteiger partial charge in [-0.3, -0.25) is 0 Å². The summed E-state index contributed by atoms with van der Waals surface area (Å²) in [6.45, 7) is 3.87. The van der Waals surface area contributed by atoms with Crippen LogP contribution in [0.2, 0.25) is 0 Å². The molecule has 0 bridgehead atoms. The second kappa shape index (κ2) is 6.18. The summed E-state index contributed by atoms with van der Waals surface area (Å²) >= 11 is 0. The van der Waals surface area contributed by atoms with E-state index in [1.165, 1.54) is 0 Å². The van der Waals surface area contributed by atoms with Crippen LogP contribution in [0.4, 0.5) is 5.82 Å². The molecule has 0 amide bonds. The number of nitrogens with one attached hydrogen (secondary N) is 1. The Morgan fingerprint density at radius 2 is 1.80 bits per heavy atom. The molecule has 1 heterocycles. The molecule has 20 heavy (non-hydrogen) atoms. The maximum Gasteiger partial charge on any atom is 0.148 e. The summed E-state index contributed by atoms with van der Waals surface area (Å²) < 4.78 is 0. The summed E-state index contributed by atoms with van der Waals surface area (Å²) in [6.07, 6.45) is 0. The third-order valence-electron chi connectivity index (χ3n) is 2.48. The Balaban J connectivity index is 2.00. The van der Waals surface area contributed by atoms with Gasteiger partial charge in [-0.2, -0.15) is 0 Å². The number of aliphatic hydroxyl groups is 1. The van der Waals surface area contributed by atoms with Gasteiger partial charge in [0, 0.05) is 12.1 Å². The molecule has 0 aliphatic rings. The van der Waals surface area contributed by atoms with E-state index in [0.717, 1.165) is 5.56 Å². The first kappa shape index (κ1) is 14.0. The van der Waals surface area contributed by atoms with Crippen LogP contribution in [0.1, 0.15) is 25.1 Å². The molecule has 1 aromatic carbocycles. The second-order valence-electron chi connectivity index (χ2n) is 5.09. The van der Waals surface area contributed by atoms with E-state index in [-0.39, 0.29) is 0 Å². The predicted molar refractivity (Wildman–Crippen MR) is 79.2 cm³/mol. The van der Waals surface area contributed by atoms with Crippen molar-refractivity contribution < 1.29 is 5.11 Å². The van der Waals surface area contributed by atoms with E-state index in [4.69, 9.17) is 0 Å². The van der Waals surface area contributed by atoms with Crippen LogP contribution in [0.5, 0.6) is 0 Å². The monoisotopic (exact) mass is 267 g/mol. The lowest BCUT2D eigenvalue weighted by molar-refractivity contribution is 0.0944. The molecule has 0 saturated heterocycles. The van der Waals surface area contributed by atoms with Crippen molar-refractivity contribution in [1.29, 1.82) is 0 Å². The fourth-order valence-electron chi connectivity index (χ4n) is 1.46. The Morgan fingerprint density at radius 3 is 2.40 bits per heavy atom. The molecule has 0 aliphatic carbocycles. The highest BCUT2D eigenvalue weighted by molar-refractivity contribution is 5.42. The maximum absolute atomic E-state index is 9.61. The highest BCUT2D eigenvalue weighted by Gasteiger charge is 2.11. The normalized spacial score (nSPS) is 10.6. The number of aromatic nitrogens is 2. The van der Waals surface area contributed by atoms with Gasteiger partial charge in [0.2, 0.25) is 0 Å². The topological polar surface area (TPSA) is 58.0 Å². The van der Waals surface area contributed by atoms with Gasteiger partial charge in [0.25, 0.3) is 0 Å². The van der Waals surface area contributed by atoms with Crippen LogP contribution in [-0.2, 0) is 0 Å². The third-order valence-corrected chi connectivity index (χ3v) is 2.48. The van der Waals surface area contributed by atoms with Gasteiger partial charge in [-0.1, -0.05) is 24.1 Å². The number of nitrogens with zero attached hydrogens (tertiary/aromatic N) is 2. The van der Waals surface area contributed by atoms with E-state index < -0.39 is 5.60 Å². The van der Waals surface area contributed by atoms with E-state index in [1.54, 1.807) is 26.0 Å². The SMILES string of the molecule is CC(C)(O)CNc1ccc(C#Cc2ccccc2)nn1. The van der Waals surface area contributed by atoms with Crippen LogP contribution in [0.25, 0.3) is 0 Å². The van der Waals surface area contributed by atoms with Crippen LogP contribution in [0.3, 0.4) is 0 Å². The Labute approximate surface area is 118 Å². The number of rotatable bonds is 3. The standard InChI is InChI=1S/C16H17N3O/c1-16(2,20)12-17-15-11-10-14(18-19-15)9-8-13-6-4-3-5-7-13/h3-7,10-11,20H,12H2,1-2H3,(H,17,19). The van der Waals surface area contributed by atoms with Gasteiger partial charge in [0.15, 0.2) is 0 Å². The molecule has 2 aromatic rings. The maximum atomic E-state index is 9.61. The molecule has 4 heteroatoms. The molecule has 0 fully saturated rings. The average Bonchev–Trinajstić information content (AvgIpc) is 2.44. The molecule has 1 aromatic heterocycles. The summed E-state index contributed by atoms with van der Waals surface area (Å²) in [6, 6.07) is 13.3. The average molecular weight is 267 g/mol. The van der Waals surface area contributed by atoms with Crippen molar-refractivity contribution in [3.8, 4) is 11.8 Å². The first-order valence-corrected chi connectivity index (χ1v) is 6.40. The van der Waals surface area contributed by atoms with Crippen molar-refractivity contribution in [2.75, 3.05) is 11.9 Å². The number of hydrogen-bond donors (Lipinski definition) is 2. The molecule has 0 atom stereocenters. The predicted octanol–water partition coefficient (Wildman–Crippen LogP) is 2.06. The fourth-order valence-corrected chi connectivity index (χ4v) is 1.46. The molecule has 0 saturated carbocycles. The molecule has 0 unspecified atom stereocenters. The minimum atomic E-state index is -0.784. The Hall–Kier alpha value is -2.38. The zero-order chi connectivity index (χ0) is 14.4. The molecule has 0 spiro atoms. The Morgan fingerprint density at radius 1 is 1.05 bits per heavy atom. The van der Waals surface area contributed by atoms with Crippen molar-refractivity contribution in [2.24, 2.45) is 0 Å². The lowest BCUT2D eigenvalue weighted by atomic mass is 10.1. The fraction of sp³-hybridized carbons (Fsp3) is 0.250. The van der Waals surface area contributed by atoms with Crippen LogP contribution < -0.4 is 5.32 Å². The van der Waals surface area contributed by atoms with Crippen molar-refractivity contribution in [3.05, 3.63) is 53.7 Å². The minimum absolute atomic E-state index is 0.413. The highest BCUT2D eigenvalue weighted by Crippen LogP contribution is 2.05. The lowest BCUT2D eigenvalue weighted by Gasteiger charge is -2.17. The van der Waals surface area contributed by atoms with Crippen LogP contribution in [-0.4, -0.2) is 27.4 Å². The first-order chi connectivity index (χ1) is 9.53.